The Morgan fingerprint density at radius 3 is 2.25 bits per heavy atom. The lowest BCUT2D eigenvalue weighted by molar-refractivity contribution is -0.137. The van der Waals surface area contributed by atoms with E-state index in [-0.39, 0.29) is 16.2 Å². The van der Waals surface area contributed by atoms with Crippen LogP contribution in [0.1, 0.15) is 35.5 Å². The lowest BCUT2D eigenvalue weighted by Gasteiger charge is -2.39. The van der Waals surface area contributed by atoms with Crippen LogP contribution in [0.5, 0.6) is 0 Å². The fraction of sp³-hybridized carbons (Fsp3) is 0.318. The minimum atomic E-state index is -4.53. The topological polar surface area (TPSA) is 79.0 Å². The van der Waals surface area contributed by atoms with Crippen molar-refractivity contribution < 1.29 is 26.4 Å². The summed E-state index contributed by atoms with van der Waals surface area (Å²) in [6.07, 6.45) is 1.47. The highest BCUT2D eigenvalue weighted by Crippen LogP contribution is 2.47. The van der Waals surface area contributed by atoms with Crippen LogP contribution in [-0.4, -0.2) is 31.0 Å². The number of H-pyrrole nitrogens is 1. The van der Waals surface area contributed by atoms with E-state index >= 15 is 0 Å². The molecular formula is C22H22ClF3N2O3S. The minimum Gasteiger partial charge on any atom is -0.365 e. The fourth-order valence-electron chi connectivity index (χ4n) is 3.83. The van der Waals surface area contributed by atoms with Crippen molar-refractivity contribution in [1.82, 2.24) is 9.71 Å². The van der Waals surface area contributed by atoms with Gasteiger partial charge >= 0.3 is 6.18 Å². The number of carbonyl (C=O) groups is 1. The lowest BCUT2D eigenvalue weighted by atomic mass is 9.69. The van der Waals surface area contributed by atoms with Crippen LogP contribution in [0.2, 0.25) is 0 Å². The first kappa shape index (κ1) is 24.3. The molecule has 3 rings (SSSR count). The van der Waals surface area contributed by atoms with Crippen LogP contribution < -0.4 is 4.72 Å². The van der Waals surface area contributed by atoms with Crippen LogP contribution in [0.15, 0.2) is 65.4 Å². The Balaban J connectivity index is 2.10. The zero-order chi connectivity index (χ0) is 23.9. The predicted octanol–water partition coefficient (Wildman–Crippen LogP) is 4.84. The maximum Gasteiger partial charge on any atom is 0.416 e. The van der Waals surface area contributed by atoms with Crippen molar-refractivity contribution >= 4 is 27.4 Å². The molecule has 0 bridgehead atoms. The number of rotatable bonds is 6. The molecule has 0 fully saturated rings. The van der Waals surface area contributed by atoms with Gasteiger partial charge in [-0.15, -0.1) is 0 Å². The molecule has 0 aliphatic heterocycles. The molecule has 2 N–H and O–H groups in total. The van der Waals surface area contributed by atoms with Gasteiger partial charge in [-0.1, -0.05) is 36.7 Å². The second-order valence-corrected chi connectivity index (χ2v) is 10.5. The van der Waals surface area contributed by atoms with Gasteiger partial charge < -0.3 is 4.98 Å². The molecule has 1 aromatic carbocycles. The molecule has 1 aromatic heterocycles. The Kier molecular flexibility index (Phi) is 6.23. The maximum atomic E-state index is 13.5. The van der Waals surface area contributed by atoms with E-state index in [0.717, 1.165) is 36.2 Å². The standard InChI is InChI=1S/C22H22ClF3N2O3S/c1-20(28-32(3,30)31)12-17(19(29)14-6-8-15(9-7-14)22(24,25)26)21(2,18(23)13-20)11-16-5-4-10-27-16/h4-10,12-13,27-28H,11H2,1-3H3. The van der Waals surface area contributed by atoms with Gasteiger partial charge in [-0.05, 0) is 37.3 Å². The Morgan fingerprint density at radius 2 is 1.75 bits per heavy atom. The number of hydrogen-bond acceptors (Lipinski definition) is 3. The summed E-state index contributed by atoms with van der Waals surface area (Å²) in [4.78, 5) is 16.5. The van der Waals surface area contributed by atoms with Crippen LogP contribution in [0.3, 0.4) is 0 Å². The Bertz CT molecular complexity index is 1190. The summed E-state index contributed by atoms with van der Waals surface area (Å²) in [5.41, 5.74) is -2.21. The van der Waals surface area contributed by atoms with Gasteiger partial charge in [0.15, 0.2) is 5.78 Å². The van der Waals surface area contributed by atoms with Gasteiger partial charge in [0, 0.05) is 39.9 Å². The smallest absolute Gasteiger partial charge is 0.365 e. The van der Waals surface area contributed by atoms with E-state index in [4.69, 9.17) is 11.6 Å². The monoisotopic (exact) mass is 486 g/mol. The molecule has 5 nitrogen and oxygen atoms in total. The molecule has 0 amide bonds. The number of sulfonamides is 1. The van der Waals surface area contributed by atoms with E-state index in [1.165, 1.54) is 12.2 Å². The molecule has 10 heteroatoms. The first-order valence-corrected chi connectivity index (χ1v) is 11.9. The molecule has 1 aliphatic rings. The number of aromatic nitrogens is 1. The average Bonchev–Trinajstić information content (AvgIpc) is 3.15. The molecule has 2 atom stereocenters. The first-order chi connectivity index (χ1) is 14.6. The summed E-state index contributed by atoms with van der Waals surface area (Å²) >= 11 is 6.64. The molecular weight excluding hydrogens is 465 g/mol. The molecule has 0 radical (unpaired) electrons. The molecule has 2 aromatic rings. The lowest BCUT2D eigenvalue weighted by Crippen LogP contribution is -2.47. The molecule has 172 valence electrons. The number of Topliss-reactive ketones (excluding diaryl/α,β-unsaturated/α-hetero) is 1. The number of aromatic amines is 1. The van der Waals surface area contributed by atoms with Crippen molar-refractivity contribution in [3.63, 3.8) is 0 Å². The number of allylic oxidation sites excluding steroid dienone is 2. The molecule has 0 saturated carbocycles. The zero-order valence-corrected chi connectivity index (χ0v) is 19.1. The molecule has 2 unspecified atom stereocenters. The highest BCUT2D eigenvalue weighted by atomic mass is 35.5. The average molecular weight is 487 g/mol. The van der Waals surface area contributed by atoms with Crippen LogP contribution in [0.25, 0.3) is 0 Å². The SMILES string of the molecule is CC1(NS(C)(=O)=O)C=C(Cl)C(C)(Cc2ccc[nH]2)C(C(=O)c2ccc(C(F)(F)F)cc2)=C1. The predicted molar refractivity (Wildman–Crippen MR) is 117 cm³/mol. The van der Waals surface area contributed by atoms with E-state index in [1.54, 1.807) is 26.1 Å². The Morgan fingerprint density at radius 1 is 1.12 bits per heavy atom. The molecule has 0 saturated heterocycles. The van der Waals surface area contributed by atoms with Crippen LogP contribution in [-0.2, 0) is 22.6 Å². The summed E-state index contributed by atoms with van der Waals surface area (Å²) in [6, 6.07) is 7.49. The summed E-state index contributed by atoms with van der Waals surface area (Å²) in [5.74, 6) is -0.541. The second kappa shape index (κ2) is 8.20. The quantitative estimate of drug-likeness (QED) is 0.574. The first-order valence-electron chi connectivity index (χ1n) is 9.58. The highest BCUT2D eigenvalue weighted by molar-refractivity contribution is 7.88. The molecule has 1 aliphatic carbocycles. The Hall–Kier alpha value is -2.36. The van der Waals surface area contributed by atoms with Gasteiger partial charge in [0.05, 0.1) is 17.4 Å². The van der Waals surface area contributed by atoms with E-state index in [0.29, 0.717) is 6.42 Å². The number of benzene rings is 1. The summed E-state index contributed by atoms with van der Waals surface area (Å²) < 4.78 is 65.0. The highest BCUT2D eigenvalue weighted by Gasteiger charge is 2.44. The third-order valence-corrected chi connectivity index (χ3v) is 6.66. The summed E-state index contributed by atoms with van der Waals surface area (Å²) in [7, 11) is -3.67. The zero-order valence-electron chi connectivity index (χ0n) is 17.5. The van der Waals surface area contributed by atoms with Crippen molar-refractivity contribution in [3.05, 3.63) is 82.2 Å². The number of ketones is 1. The van der Waals surface area contributed by atoms with Crippen molar-refractivity contribution in [2.75, 3.05) is 6.26 Å². The number of hydrogen-bond donors (Lipinski definition) is 2. The van der Waals surface area contributed by atoms with E-state index in [1.807, 2.05) is 6.07 Å². The van der Waals surface area contributed by atoms with Gasteiger partial charge in [-0.2, -0.15) is 13.2 Å². The van der Waals surface area contributed by atoms with Crippen LogP contribution in [0, 0.1) is 5.41 Å². The van der Waals surface area contributed by atoms with Gasteiger partial charge in [-0.25, -0.2) is 13.1 Å². The summed E-state index contributed by atoms with van der Waals surface area (Å²) in [6.45, 7) is 3.28. The van der Waals surface area contributed by atoms with Crippen molar-refractivity contribution in [3.8, 4) is 0 Å². The number of carbonyl (C=O) groups excluding carboxylic acids is 1. The number of nitrogens with one attached hydrogen (secondary N) is 2. The van der Waals surface area contributed by atoms with Crippen LogP contribution in [0.4, 0.5) is 13.2 Å². The maximum absolute atomic E-state index is 13.5. The third kappa shape index (κ3) is 5.16. The Labute approximate surface area is 189 Å². The van der Waals surface area contributed by atoms with Gasteiger partial charge in [-0.3, -0.25) is 4.79 Å². The minimum absolute atomic E-state index is 0.0371. The largest absolute Gasteiger partial charge is 0.416 e. The molecule has 0 spiro atoms. The number of halogens is 4. The van der Waals surface area contributed by atoms with Crippen molar-refractivity contribution in [2.45, 2.75) is 32.0 Å². The second-order valence-electron chi connectivity index (χ2n) is 8.32. The third-order valence-electron chi connectivity index (χ3n) is 5.32. The molecule has 1 heterocycles. The fourth-order valence-corrected chi connectivity index (χ4v) is 5.14. The van der Waals surface area contributed by atoms with Crippen molar-refractivity contribution in [1.29, 1.82) is 0 Å². The van der Waals surface area contributed by atoms with Gasteiger partial charge in [0.1, 0.15) is 0 Å². The van der Waals surface area contributed by atoms with E-state index in [9.17, 15) is 26.4 Å². The van der Waals surface area contributed by atoms with Gasteiger partial charge in [0.25, 0.3) is 0 Å². The normalized spacial score (nSPS) is 24.1. The van der Waals surface area contributed by atoms with Crippen molar-refractivity contribution in [2.24, 2.45) is 5.41 Å². The van der Waals surface area contributed by atoms with Gasteiger partial charge in [0.2, 0.25) is 10.0 Å². The van der Waals surface area contributed by atoms with Crippen LogP contribution >= 0.6 is 11.6 Å². The summed E-state index contributed by atoms with van der Waals surface area (Å²) in [5, 5.41) is 0.239. The van der Waals surface area contributed by atoms with E-state index < -0.39 is 38.5 Å². The van der Waals surface area contributed by atoms with E-state index in [2.05, 4.69) is 9.71 Å². The number of alkyl halides is 3. The molecule has 32 heavy (non-hydrogen) atoms.